The Balaban J connectivity index is 0.000000921. The van der Waals surface area contributed by atoms with Gasteiger partial charge in [0.15, 0.2) is 0 Å². The van der Waals surface area contributed by atoms with Gasteiger partial charge in [0.05, 0.1) is 0 Å². The molecule has 2 aromatic rings. The second-order valence-corrected chi connectivity index (χ2v) is 4.33. The lowest BCUT2D eigenvalue weighted by molar-refractivity contribution is 1.37. The van der Waals surface area contributed by atoms with Gasteiger partial charge in [-0.15, -0.1) is 0 Å². The van der Waals surface area contributed by atoms with Crippen molar-refractivity contribution in [3.63, 3.8) is 0 Å². The van der Waals surface area contributed by atoms with E-state index < -0.39 is 0 Å². The third kappa shape index (κ3) is 5.23. The zero-order chi connectivity index (χ0) is 16.3. The summed E-state index contributed by atoms with van der Waals surface area (Å²) in [5.41, 5.74) is 6.61. The Bertz CT molecular complexity index is 500. The van der Waals surface area contributed by atoms with Crippen molar-refractivity contribution in [3.8, 4) is 0 Å². The van der Waals surface area contributed by atoms with E-state index in [9.17, 15) is 0 Å². The van der Waals surface area contributed by atoms with Gasteiger partial charge in [-0.1, -0.05) is 82.3 Å². The van der Waals surface area contributed by atoms with E-state index >= 15 is 0 Å². The number of allylic oxidation sites excluding steroid dienone is 1. The molecule has 0 heterocycles. The fourth-order valence-electron chi connectivity index (χ4n) is 2.21. The minimum Gasteiger partial charge on any atom is -0.0792 e. The van der Waals surface area contributed by atoms with Crippen LogP contribution < -0.4 is 0 Å². The largest absolute Gasteiger partial charge is 0.0792 e. The average Bonchev–Trinajstić information content (AvgIpc) is 2.55. The third-order valence-corrected chi connectivity index (χ3v) is 3.16. The molecule has 0 nitrogen and oxygen atoms in total. The highest BCUT2D eigenvalue weighted by Gasteiger charge is 2.07. The maximum absolute atomic E-state index is 2.20. The van der Waals surface area contributed by atoms with Crippen molar-refractivity contribution in [1.82, 2.24) is 0 Å². The van der Waals surface area contributed by atoms with Crippen molar-refractivity contribution in [2.24, 2.45) is 0 Å². The number of hydrogen-bond acceptors (Lipinski definition) is 0. The predicted molar refractivity (Wildman–Crippen MR) is 97.8 cm³/mol. The number of benzene rings is 2. The minimum absolute atomic E-state index is 1.32. The van der Waals surface area contributed by atoms with Crippen molar-refractivity contribution >= 4 is 5.57 Å². The van der Waals surface area contributed by atoms with Crippen molar-refractivity contribution < 1.29 is 0 Å². The van der Waals surface area contributed by atoms with Crippen LogP contribution in [0.5, 0.6) is 0 Å². The van der Waals surface area contributed by atoms with Crippen LogP contribution in [0.1, 0.15) is 56.9 Å². The fourth-order valence-corrected chi connectivity index (χ4v) is 2.21. The molecule has 0 aromatic heterocycles. The topological polar surface area (TPSA) is 0 Å². The molecule has 0 aliphatic carbocycles. The summed E-state index contributed by atoms with van der Waals surface area (Å²) in [6.07, 6.45) is 2.20. The molecule has 0 aliphatic heterocycles. The minimum atomic E-state index is 1.32. The first-order valence-electron chi connectivity index (χ1n) is 8.02. The molecule has 114 valence electrons. The van der Waals surface area contributed by atoms with Gasteiger partial charge < -0.3 is 0 Å². The second-order valence-electron chi connectivity index (χ2n) is 4.33. The van der Waals surface area contributed by atoms with Crippen molar-refractivity contribution in [1.29, 1.82) is 0 Å². The average molecular weight is 282 g/mol. The van der Waals surface area contributed by atoms with Gasteiger partial charge in [0.25, 0.3) is 0 Å². The maximum Gasteiger partial charge on any atom is -0.0149 e. The van der Waals surface area contributed by atoms with Crippen molar-refractivity contribution in [3.05, 3.63) is 76.9 Å². The van der Waals surface area contributed by atoms with Crippen LogP contribution >= 0.6 is 0 Å². The number of rotatable bonds is 2. The number of hydrogen-bond donors (Lipinski definition) is 0. The van der Waals surface area contributed by atoms with E-state index in [1.165, 1.54) is 27.8 Å². The molecule has 0 saturated carbocycles. The molecular weight excluding hydrogens is 252 g/mol. The van der Waals surface area contributed by atoms with E-state index in [1.54, 1.807) is 0 Å². The summed E-state index contributed by atoms with van der Waals surface area (Å²) in [4.78, 5) is 0. The molecule has 2 aromatic carbocycles. The maximum atomic E-state index is 2.20. The summed E-state index contributed by atoms with van der Waals surface area (Å²) in [6.45, 7) is 14.4. The highest BCUT2D eigenvalue weighted by atomic mass is 14.1. The second kappa shape index (κ2) is 10.9. The lowest BCUT2D eigenvalue weighted by atomic mass is 9.92. The summed E-state index contributed by atoms with van der Waals surface area (Å²) >= 11 is 0. The molecule has 0 unspecified atom stereocenters. The van der Waals surface area contributed by atoms with Crippen LogP contribution in [0.4, 0.5) is 0 Å². The summed E-state index contributed by atoms with van der Waals surface area (Å²) in [5, 5.41) is 0. The van der Waals surface area contributed by atoms with Crippen LogP contribution in [-0.4, -0.2) is 0 Å². The lowest BCUT2D eigenvalue weighted by Gasteiger charge is -2.13. The summed E-state index contributed by atoms with van der Waals surface area (Å²) in [6, 6.07) is 17.1. The Morgan fingerprint density at radius 3 is 1.29 bits per heavy atom. The molecule has 0 fully saturated rings. The van der Waals surface area contributed by atoms with E-state index in [0.717, 1.165) is 0 Å². The van der Waals surface area contributed by atoms with Crippen LogP contribution in [0.2, 0.25) is 0 Å². The summed E-state index contributed by atoms with van der Waals surface area (Å²) in [5.74, 6) is 0. The van der Waals surface area contributed by atoms with Gasteiger partial charge in [0, 0.05) is 0 Å². The SMILES string of the molecule is CC.CC.CC=C(c1ccccc1C)c1ccccc1C. The van der Waals surface area contributed by atoms with Crippen LogP contribution in [-0.2, 0) is 0 Å². The Morgan fingerprint density at radius 1 is 0.667 bits per heavy atom. The smallest absolute Gasteiger partial charge is 0.0149 e. The lowest BCUT2D eigenvalue weighted by Crippen LogP contribution is -1.93. The molecule has 0 bridgehead atoms. The predicted octanol–water partition coefficient (Wildman–Crippen LogP) is 6.81. The quantitative estimate of drug-likeness (QED) is 0.567. The van der Waals surface area contributed by atoms with E-state index in [1.807, 2.05) is 27.7 Å². The van der Waals surface area contributed by atoms with Crippen LogP contribution in [0.3, 0.4) is 0 Å². The van der Waals surface area contributed by atoms with Gasteiger partial charge >= 0.3 is 0 Å². The van der Waals surface area contributed by atoms with Crippen molar-refractivity contribution in [2.75, 3.05) is 0 Å². The summed E-state index contributed by atoms with van der Waals surface area (Å²) < 4.78 is 0. The van der Waals surface area contributed by atoms with Crippen LogP contribution in [0, 0.1) is 13.8 Å². The molecule has 0 aliphatic rings. The molecule has 0 N–H and O–H groups in total. The standard InChI is InChI=1S/C17H18.2C2H6/c1-4-15(16-11-7-5-9-13(16)2)17-12-8-6-10-14(17)3;2*1-2/h4-12H,1-3H3;2*1-2H3. The highest BCUT2D eigenvalue weighted by molar-refractivity contribution is 5.82. The third-order valence-electron chi connectivity index (χ3n) is 3.16. The fraction of sp³-hybridized carbons (Fsp3) is 0.333. The molecular formula is C21H30. The van der Waals surface area contributed by atoms with E-state index in [0.29, 0.717) is 0 Å². The Morgan fingerprint density at radius 2 is 1.00 bits per heavy atom. The molecule has 0 amide bonds. The van der Waals surface area contributed by atoms with E-state index in [4.69, 9.17) is 0 Å². The molecule has 0 spiro atoms. The molecule has 0 saturated heterocycles. The van der Waals surface area contributed by atoms with Gasteiger partial charge in [-0.05, 0) is 48.6 Å². The highest BCUT2D eigenvalue weighted by Crippen LogP contribution is 2.27. The number of aryl methyl sites for hydroxylation is 2. The molecule has 21 heavy (non-hydrogen) atoms. The van der Waals surface area contributed by atoms with E-state index in [2.05, 4.69) is 75.4 Å². The summed E-state index contributed by atoms with van der Waals surface area (Å²) in [7, 11) is 0. The molecule has 0 radical (unpaired) electrons. The Labute approximate surface area is 131 Å². The Kier molecular flexibility index (Phi) is 9.96. The Hall–Kier alpha value is -1.82. The zero-order valence-electron chi connectivity index (χ0n) is 14.7. The monoisotopic (exact) mass is 282 g/mol. The van der Waals surface area contributed by atoms with Gasteiger partial charge in [-0.2, -0.15) is 0 Å². The van der Waals surface area contributed by atoms with Gasteiger partial charge in [0.2, 0.25) is 0 Å². The van der Waals surface area contributed by atoms with Gasteiger partial charge in [0.1, 0.15) is 0 Å². The first kappa shape index (κ1) is 19.2. The van der Waals surface area contributed by atoms with Gasteiger partial charge in [-0.3, -0.25) is 0 Å². The molecule has 2 rings (SSSR count). The normalized spacial score (nSPS) is 8.71. The van der Waals surface area contributed by atoms with Crippen LogP contribution in [0.15, 0.2) is 54.6 Å². The van der Waals surface area contributed by atoms with Crippen molar-refractivity contribution in [2.45, 2.75) is 48.5 Å². The molecule has 0 heteroatoms. The van der Waals surface area contributed by atoms with Crippen LogP contribution in [0.25, 0.3) is 5.57 Å². The van der Waals surface area contributed by atoms with Gasteiger partial charge in [-0.25, -0.2) is 0 Å². The molecule has 0 atom stereocenters. The zero-order valence-corrected chi connectivity index (χ0v) is 14.7. The van der Waals surface area contributed by atoms with E-state index in [-0.39, 0.29) is 0 Å². The first-order valence-corrected chi connectivity index (χ1v) is 8.02. The first-order chi connectivity index (χ1) is 10.2.